The highest BCUT2D eigenvalue weighted by atomic mass is 35.5. The molecule has 0 atom stereocenters. The fraction of sp³-hybridized carbons (Fsp3) is 0.0833. The van der Waals surface area contributed by atoms with Crippen molar-refractivity contribution in [1.29, 1.82) is 0 Å². The third-order valence-electron chi connectivity index (χ3n) is 3.13. The Balaban J connectivity index is 2.06. The molecule has 7 nitrogen and oxygen atoms in total. The van der Waals surface area contributed by atoms with Gasteiger partial charge in [-0.3, -0.25) is 5.10 Å². The molecule has 8 heteroatoms. The van der Waals surface area contributed by atoms with Gasteiger partial charge >= 0.3 is 0 Å². The number of fused-ring (bicyclic) bond motifs is 3. The maximum atomic E-state index is 5.91. The van der Waals surface area contributed by atoms with Crippen LogP contribution in [0, 0.1) is 6.92 Å². The Hall–Kier alpha value is -2.54. The quantitative estimate of drug-likeness (QED) is 0.578. The van der Waals surface area contributed by atoms with Crippen LogP contribution in [0.25, 0.3) is 27.9 Å². The molecule has 98 valence electrons. The Labute approximate surface area is 117 Å². The summed E-state index contributed by atoms with van der Waals surface area (Å²) < 4.78 is 1.58. The lowest BCUT2D eigenvalue weighted by Crippen LogP contribution is -1.98. The van der Waals surface area contributed by atoms with Crippen LogP contribution in [-0.2, 0) is 0 Å². The Morgan fingerprint density at radius 1 is 1.20 bits per heavy atom. The Morgan fingerprint density at radius 3 is 2.80 bits per heavy atom. The molecule has 0 radical (unpaired) electrons. The lowest BCUT2D eigenvalue weighted by atomic mass is 10.1. The molecular formula is C12H8ClN7. The minimum Gasteiger partial charge on any atom is -0.272 e. The zero-order valence-electron chi connectivity index (χ0n) is 10.4. The number of hydrogen-bond donors (Lipinski definition) is 1. The third kappa shape index (κ3) is 1.50. The average molecular weight is 286 g/mol. The van der Waals surface area contributed by atoms with Gasteiger partial charge in [0.25, 0.3) is 0 Å². The van der Waals surface area contributed by atoms with Crippen LogP contribution in [0.1, 0.15) is 5.82 Å². The maximum Gasteiger partial charge on any atom is 0.208 e. The van der Waals surface area contributed by atoms with Gasteiger partial charge in [0.2, 0.25) is 5.65 Å². The molecule has 4 aromatic rings. The smallest absolute Gasteiger partial charge is 0.208 e. The van der Waals surface area contributed by atoms with Gasteiger partial charge in [0, 0.05) is 10.6 Å². The molecule has 0 aliphatic carbocycles. The van der Waals surface area contributed by atoms with Gasteiger partial charge in [0.15, 0.2) is 0 Å². The first-order valence-electron chi connectivity index (χ1n) is 5.93. The van der Waals surface area contributed by atoms with E-state index < -0.39 is 0 Å². The molecule has 3 heterocycles. The summed E-state index contributed by atoms with van der Waals surface area (Å²) in [6.45, 7) is 1.85. The van der Waals surface area contributed by atoms with Gasteiger partial charge in [-0.15, -0.1) is 5.10 Å². The van der Waals surface area contributed by atoms with E-state index in [9.17, 15) is 0 Å². The van der Waals surface area contributed by atoms with Gasteiger partial charge in [-0.25, -0.2) is 4.98 Å². The molecule has 0 fully saturated rings. The van der Waals surface area contributed by atoms with Gasteiger partial charge in [-0.1, -0.05) is 23.7 Å². The number of tetrazole rings is 1. The lowest BCUT2D eigenvalue weighted by Gasteiger charge is -1.99. The fourth-order valence-electron chi connectivity index (χ4n) is 2.18. The summed E-state index contributed by atoms with van der Waals surface area (Å²) >= 11 is 5.91. The second kappa shape index (κ2) is 3.97. The molecule has 0 spiro atoms. The summed E-state index contributed by atoms with van der Waals surface area (Å²) in [4.78, 5) is 4.53. The number of aromatic nitrogens is 7. The van der Waals surface area contributed by atoms with Crippen molar-refractivity contribution in [2.45, 2.75) is 6.92 Å². The van der Waals surface area contributed by atoms with Crippen LogP contribution in [0.5, 0.6) is 0 Å². The highest BCUT2D eigenvalue weighted by molar-refractivity contribution is 6.30. The van der Waals surface area contributed by atoms with Crippen LogP contribution < -0.4 is 0 Å². The van der Waals surface area contributed by atoms with E-state index in [4.69, 9.17) is 11.6 Å². The Bertz CT molecular complexity index is 922. The predicted molar refractivity (Wildman–Crippen MR) is 73.4 cm³/mol. The van der Waals surface area contributed by atoms with Crippen molar-refractivity contribution >= 4 is 28.3 Å². The van der Waals surface area contributed by atoms with Crippen LogP contribution >= 0.6 is 11.6 Å². The first kappa shape index (κ1) is 11.3. The SMILES string of the molecule is Cc1nc2c(-c3ccc(Cl)cc3)n[nH]c2c2nnnn12. The van der Waals surface area contributed by atoms with Gasteiger partial charge in [0.05, 0.1) is 0 Å². The number of nitrogens with one attached hydrogen (secondary N) is 1. The Kier molecular flexibility index (Phi) is 2.25. The van der Waals surface area contributed by atoms with Crippen molar-refractivity contribution in [2.24, 2.45) is 0 Å². The average Bonchev–Trinajstić information content (AvgIpc) is 3.06. The molecule has 1 N–H and O–H groups in total. The fourth-order valence-corrected chi connectivity index (χ4v) is 2.31. The molecule has 0 bridgehead atoms. The van der Waals surface area contributed by atoms with E-state index in [1.165, 1.54) is 0 Å². The van der Waals surface area contributed by atoms with Crippen LogP contribution in [0.3, 0.4) is 0 Å². The van der Waals surface area contributed by atoms with E-state index in [0.717, 1.165) is 16.8 Å². The van der Waals surface area contributed by atoms with Crippen molar-refractivity contribution in [3.63, 3.8) is 0 Å². The molecule has 0 unspecified atom stereocenters. The van der Waals surface area contributed by atoms with Crippen molar-refractivity contribution in [1.82, 2.24) is 35.2 Å². The van der Waals surface area contributed by atoms with Crippen LogP contribution in [0.4, 0.5) is 0 Å². The largest absolute Gasteiger partial charge is 0.272 e. The highest BCUT2D eigenvalue weighted by Crippen LogP contribution is 2.27. The summed E-state index contributed by atoms with van der Waals surface area (Å²) in [5, 5.41) is 19.5. The van der Waals surface area contributed by atoms with Gasteiger partial charge in [-0.05, 0) is 29.5 Å². The van der Waals surface area contributed by atoms with E-state index in [-0.39, 0.29) is 0 Å². The van der Waals surface area contributed by atoms with E-state index in [0.29, 0.717) is 22.0 Å². The molecule has 4 rings (SSSR count). The summed E-state index contributed by atoms with van der Waals surface area (Å²) in [5.74, 6) is 0.703. The van der Waals surface area contributed by atoms with Crippen LogP contribution in [-0.4, -0.2) is 35.2 Å². The topological polar surface area (TPSA) is 84.6 Å². The Morgan fingerprint density at radius 2 is 2.00 bits per heavy atom. The van der Waals surface area contributed by atoms with E-state index >= 15 is 0 Å². The maximum absolute atomic E-state index is 5.91. The van der Waals surface area contributed by atoms with Crippen molar-refractivity contribution in [3.05, 3.63) is 35.1 Å². The zero-order chi connectivity index (χ0) is 13.7. The standard InChI is InChI=1S/C12H8ClN7/c1-6-14-10-9(7-2-4-8(13)5-3-7)15-16-11(10)12-17-18-19-20(6)12/h2-5H,1H3,(H,15,16). The molecule has 0 amide bonds. The number of hydrogen-bond acceptors (Lipinski definition) is 5. The number of benzene rings is 1. The van der Waals surface area contributed by atoms with Crippen LogP contribution in [0.15, 0.2) is 24.3 Å². The monoisotopic (exact) mass is 285 g/mol. The summed E-state index contributed by atoms with van der Waals surface area (Å²) in [5.41, 5.74) is 3.76. The number of halogens is 1. The van der Waals surface area contributed by atoms with Crippen molar-refractivity contribution in [2.75, 3.05) is 0 Å². The van der Waals surface area contributed by atoms with Crippen molar-refractivity contribution < 1.29 is 0 Å². The molecular weight excluding hydrogens is 278 g/mol. The van der Waals surface area contributed by atoms with Gasteiger partial charge in [-0.2, -0.15) is 9.61 Å². The molecule has 0 saturated heterocycles. The first-order chi connectivity index (χ1) is 9.74. The third-order valence-corrected chi connectivity index (χ3v) is 3.38. The molecule has 0 saturated carbocycles. The highest BCUT2D eigenvalue weighted by Gasteiger charge is 2.15. The van der Waals surface area contributed by atoms with Gasteiger partial charge < -0.3 is 0 Å². The van der Waals surface area contributed by atoms with E-state index in [2.05, 4.69) is 30.7 Å². The first-order valence-corrected chi connectivity index (χ1v) is 6.30. The number of aromatic amines is 1. The molecule has 1 aromatic carbocycles. The normalized spacial score (nSPS) is 11.5. The second-order valence-electron chi connectivity index (χ2n) is 4.38. The lowest BCUT2D eigenvalue weighted by molar-refractivity contribution is 0.786. The molecule has 3 aromatic heterocycles. The summed E-state index contributed by atoms with van der Waals surface area (Å²) in [6.07, 6.45) is 0. The molecule has 0 aliphatic heterocycles. The molecule has 20 heavy (non-hydrogen) atoms. The zero-order valence-corrected chi connectivity index (χ0v) is 11.1. The number of rotatable bonds is 1. The summed E-state index contributed by atoms with van der Waals surface area (Å²) in [7, 11) is 0. The number of nitrogens with zero attached hydrogens (tertiary/aromatic N) is 6. The number of aryl methyl sites for hydroxylation is 1. The van der Waals surface area contributed by atoms with Crippen molar-refractivity contribution in [3.8, 4) is 11.3 Å². The van der Waals surface area contributed by atoms with E-state index in [1.807, 2.05) is 31.2 Å². The minimum atomic E-state index is 0.611. The van der Waals surface area contributed by atoms with Crippen LogP contribution in [0.2, 0.25) is 5.02 Å². The number of H-pyrrole nitrogens is 1. The summed E-state index contributed by atoms with van der Waals surface area (Å²) in [6, 6.07) is 7.45. The molecule has 0 aliphatic rings. The minimum absolute atomic E-state index is 0.611. The predicted octanol–water partition coefficient (Wildman–Crippen LogP) is 2.02. The van der Waals surface area contributed by atoms with E-state index in [1.54, 1.807) is 4.52 Å². The second-order valence-corrected chi connectivity index (χ2v) is 4.81. The van der Waals surface area contributed by atoms with Gasteiger partial charge in [0.1, 0.15) is 22.6 Å².